The lowest BCUT2D eigenvalue weighted by Gasteiger charge is -2.30. The van der Waals surface area contributed by atoms with Crippen LogP contribution in [0, 0.1) is 0 Å². The minimum absolute atomic E-state index is 0.138. The quantitative estimate of drug-likeness (QED) is 0.428. The fraction of sp³-hybridized carbons (Fsp3) is 1.00. The molecule has 0 radical (unpaired) electrons. The maximum atomic E-state index is 11.2. The molecule has 12 heteroatoms. The van der Waals surface area contributed by atoms with E-state index in [4.69, 9.17) is 0 Å². The summed E-state index contributed by atoms with van der Waals surface area (Å²) in [5.74, 6) is 0. The van der Waals surface area contributed by atoms with Crippen LogP contribution in [0.2, 0.25) is 0 Å². The molecule has 5 unspecified atom stereocenters. The number of hydrogen-bond acceptors (Lipinski definition) is 6. The molecule has 20 heavy (non-hydrogen) atoms. The molecule has 5 atom stereocenters. The average Bonchev–Trinajstić information content (AvgIpc) is 2.11. The Balaban J connectivity index is 0. The predicted octanol–water partition coefficient (Wildman–Crippen LogP) is 2.08. The standard InChI is InChI=1S/C7H17BrO6P2.CH5BrP2/c1-7(9,6-8)4-3-5-16(12,13)14-15(2,10)11;2-1(3)4/h9H,3-6H2,1-2H3,(H,10,11)(H,12,13);1H,3-4H2/p-2. The smallest absolute Gasteiger partial charge is 0.141 e. The summed E-state index contributed by atoms with van der Waals surface area (Å²) in [6.07, 6.45) is -0.0314. The Morgan fingerprint density at radius 3 is 2.10 bits per heavy atom. The van der Waals surface area contributed by atoms with E-state index in [-0.39, 0.29) is 12.8 Å². The van der Waals surface area contributed by atoms with E-state index in [1.165, 1.54) is 0 Å². The van der Waals surface area contributed by atoms with Crippen molar-refractivity contribution in [2.24, 2.45) is 0 Å². The number of aliphatic hydroxyl groups is 1. The lowest BCUT2D eigenvalue weighted by atomic mass is 10.0. The van der Waals surface area contributed by atoms with Crippen LogP contribution >= 0.6 is 65.5 Å². The monoisotopic (exact) mass is 494 g/mol. The van der Waals surface area contributed by atoms with Crippen molar-refractivity contribution in [2.75, 3.05) is 18.2 Å². The molecule has 0 saturated carbocycles. The van der Waals surface area contributed by atoms with E-state index in [0.717, 1.165) is 0 Å². The van der Waals surface area contributed by atoms with Crippen molar-refractivity contribution in [1.82, 2.24) is 0 Å². The zero-order valence-corrected chi connectivity index (χ0v) is 18.5. The van der Waals surface area contributed by atoms with E-state index in [0.29, 0.717) is 16.3 Å². The van der Waals surface area contributed by atoms with Crippen molar-refractivity contribution >= 4 is 65.5 Å². The normalized spacial score (nSPS) is 20.3. The van der Waals surface area contributed by atoms with Gasteiger partial charge in [-0.15, -0.1) is 18.5 Å². The topological polar surface area (TPSA) is 110 Å². The molecule has 0 heterocycles. The third kappa shape index (κ3) is 20.1. The van der Waals surface area contributed by atoms with Gasteiger partial charge in [-0.1, -0.05) is 31.9 Å². The molecule has 0 aliphatic rings. The van der Waals surface area contributed by atoms with Gasteiger partial charge in [0.15, 0.2) is 0 Å². The van der Waals surface area contributed by atoms with Gasteiger partial charge < -0.3 is 24.0 Å². The van der Waals surface area contributed by atoms with Crippen molar-refractivity contribution < 1.29 is 28.3 Å². The van der Waals surface area contributed by atoms with Crippen molar-refractivity contribution in [1.29, 1.82) is 0 Å². The van der Waals surface area contributed by atoms with Gasteiger partial charge >= 0.3 is 0 Å². The fourth-order valence-electron chi connectivity index (χ4n) is 0.987. The van der Waals surface area contributed by atoms with Crippen LogP contribution in [-0.4, -0.2) is 33.2 Å². The van der Waals surface area contributed by atoms with Gasteiger partial charge in [-0.05, 0) is 19.8 Å². The van der Waals surface area contributed by atoms with E-state index in [2.05, 4.69) is 54.7 Å². The summed E-state index contributed by atoms with van der Waals surface area (Å²) in [4.78, 5) is 21.8. The van der Waals surface area contributed by atoms with Gasteiger partial charge in [0.25, 0.3) is 0 Å². The van der Waals surface area contributed by atoms with Crippen LogP contribution in [0.5, 0.6) is 0 Å². The van der Waals surface area contributed by atoms with Gasteiger partial charge in [-0.2, -0.15) is 0 Å². The maximum absolute atomic E-state index is 11.2. The Kier molecular flexibility index (Phi) is 13.2. The number of rotatable bonds is 7. The molecule has 0 aliphatic heterocycles. The summed E-state index contributed by atoms with van der Waals surface area (Å²) in [5.41, 5.74) is -1.01. The summed E-state index contributed by atoms with van der Waals surface area (Å²) in [6, 6.07) is 0. The Labute approximate surface area is 141 Å². The van der Waals surface area contributed by atoms with Crippen molar-refractivity contribution in [3.63, 3.8) is 0 Å². The van der Waals surface area contributed by atoms with Crippen LogP contribution in [-0.2, 0) is 13.4 Å². The molecule has 0 saturated heterocycles. The highest BCUT2D eigenvalue weighted by atomic mass is 79.9. The highest BCUT2D eigenvalue weighted by Crippen LogP contribution is 2.52. The van der Waals surface area contributed by atoms with E-state index in [1.807, 2.05) is 0 Å². The second kappa shape index (κ2) is 10.8. The molecule has 6 nitrogen and oxygen atoms in total. The Morgan fingerprint density at radius 2 is 1.80 bits per heavy atom. The minimum Gasteiger partial charge on any atom is -0.778 e. The molecule has 1 N–H and O–H groups in total. The summed E-state index contributed by atoms with van der Waals surface area (Å²) in [7, 11) is -3.56. The van der Waals surface area contributed by atoms with Gasteiger partial charge in [0.2, 0.25) is 0 Å². The van der Waals surface area contributed by atoms with Crippen LogP contribution in [0.25, 0.3) is 0 Å². The zero-order valence-electron chi connectivity index (χ0n) is 11.2. The Hall–Kier alpha value is 2.12. The third-order valence-corrected chi connectivity index (χ3v) is 5.96. The van der Waals surface area contributed by atoms with Crippen molar-refractivity contribution in [2.45, 2.75) is 29.7 Å². The second-order valence-corrected chi connectivity index (χ2v) is 14.0. The summed E-state index contributed by atoms with van der Waals surface area (Å²) < 4.78 is 26.3. The first-order valence-corrected chi connectivity index (χ1v) is 12.5. The number of hydrogen-bond donors (Lipinski definition) is 1. The summed E-state index contributed by atoms with van der Waals surface area (Å²) in [5, 5.41) is 9.87. The van der Waals surface area contributed by atoms with Crippen molar-refractivity contribution in [3.05, 3.63) is 0 Å². The first kappa shape index (κ1) is 24.4. The molecular formula is C8H20Br2O6P4-2. The molecular weight excluding hydrogens is 476 g/mol. The van der Waals surface area contributed by atoms with E-state index < -0.39 is 27.0 Å². The number of alkyl halides is 2. The highest BCUT2D eigenvalue weighted by molar-refractivity contribution is 9.11. The van der Waals surface area contributed by atoms with Crippen LogP contribution in [0.4, 0.5) is 0 Å². The first-order valence-electron chi connectivity index (χ1n) is 5.44. The Bertz CT molecular complexity index is 356. The second-order valence-electron chi connectivity index (χ2n) is 4.37. The highest BCUT2D eigenvalue weighted by Gasteiger charge is 2.20. The molecule has 124 valence electrons. The van der Waals surface area contributed by atoms with E-state index >= 15 is 0 Å². The zero-order chi connectivity index (χ0) is 16.6. The summed E-state index contributed by atoms with van der Waals surface area (Å²) >= 11 is 6.27. The van der Waals surface area contributed by atoms with Gasteiger partial charge in [-0.25, -0.2) is 0 Å². The SMILES string of the molecule is CC(O)(CBr)CCCP(=O)([O-])OP(C)(=O)[O-].PC(P)Br. The Morgan fingerprint density at radius 1 is 1.40 bits per heavy atom. The molecule has 0 spiro atoms. The summed E-state index contributed by atoms with van der Waals surface area (Å²) in [6.45, 7) is 2.25. The van der Waals surface area contributed by atoms with Gasteiger partial charge in [0.1, 0.15) is 15.2 Å². The predicted molar refractivity (Wildman–Crippen MR) is 92.9 cm³/mol. The molecule has 0 aliphatic carbocycles. The molecule has 0 aromatic heterocycles. The van der Waals surface area contributed by atoms with Gasteiger partial charge in [0, 0.05) is 22.5 Å². The number of halogens is 2. The van der Waals surface area contributed by atoms with Crippen molar-refractivity contribution in [3.8, 4) is 0 Å². The fourth-order valence-corrected chi connectivity index (χ4v) is 3.95. The third-order valence-electron chi connectivity index (χ3n) is 1.71. The molecule has 0 aromatic carbocycles. The lowest BCUT2D eigenvalue weighted by molar-refractivity contribution is -0.212. The van der Waals surface area contributed by atoms with Crippen LogP contribution in [0.3, 0.4) is 0 Å². The lowest BCUT2D eigenvalue weighted by Crippen LogP contribution is -2.26. The molecule has 0 rings (SSSR count). The molecule has 0 aromatic rings. The van der Waals surface area contributed by atoms with E-state index in [9.17, 15) is 24.0 Å². The minimum atomic E-state index is -4.36. The van der Waals surface area contributed by atoms with Gasteiger partial charge in [-0.3, -0.25) is 4.31 Å². The average molecular weight is 496 g/mol. The van der Waals surface area contributed by atoms with Gasteiger partial charge in [0.05, 0.1) is 5.60 Å². The van der Waals surface area contributed by atoms with Crippen LogP contribution in [0.1, 0.15) is 19.8 Å². The molecule has 0 bridgehead atoms. The van der Waals surface area contributed by atoms with E-state index in [1.54, 1.807) is 6.92 Å². The first-order chi connectivity index (χ1) is 8.71. The molecule has 0 amide bonds. The van der Waals surface area contributed by atoms with Crippen LogP contribution in [0.15, 0.2) is 0 Å². The van der Waals surface area contributed by atoms with Crippen LogP contribution < -0.4 is 9.79 Å². The molecule has 0 fully saturated rings. The maximum Gasteiger partial charge on any atom is 0.141 e. The largest absolute Gasteiger partial charge is 0.778 e.